The predicted molar refractivity (Wildman–Crippen MR) is 53.2 cm³/mol. The second kappa shape index (κ2) is 6.79. The van der Waals surface area contributed by atoms with Crippen molar-refractivity contribution in [3.05, 3.63) is 0 Å². The van der Waals surface area contributed by atoms with Crippen LogP contribution >= 0.6 is 0 Å². The smallest absolute Gasteiger partial charge is 0.332 e. The summed E-state index contributed by atoms with van der Waals surface area (Å²) < 4.78 is 5.21. The van der Waals surface area contributed by atoms with Gasteiger partial charge in [-0.1, -0.05) is 20.8 Å². The number of aliphatic hydroxyl groups is 1. The molecule has 0 aromatic carbocycles. The molecule has 0 aromatic rings. The quantitative estimate of drug-likeness (QED) is 0.713. The number of carboxylic acid groups (broad SMARTS) is 1. The highest BCUT2D eigenvalue weighted by Crippen LogP contribution is 2.21. The number of aliphatic carboxylic acids is 1. The van der Waals surface area contributed by atoms with Crippen molar-refractivity contribution in [2.45, 2.75) is 58.3 Å². The maximum Gasteiger partial charge on any atom is 0.332 e. The van der Waals surface area contributed by atoms with Crippen LogP contribution in [0, 0.1) is 0 Å². The highest BCUT2D eigenvalue weighted by atomic mass is 16.5. The zero-order chi connectivity index (χ0) is 11.1. The number of rotatable bonds is 2. The molecule has 0 radical (unpaired) electrons. The van der Waals surface area contributed by atoms with Gasteiger partial charge in [0.25, 0.3) is 0 Å². The second-order valence-corrected chi connectivity index (χ2v) is 3.12. The molecule has 1 aliphatic heterocycles. The maximum atomic E-state index is 10.5. The van der Waals surface area contributed by atoms with E-state index in [9.17, 15) is 9.90 Å². The minimum Gasteiger partial charge on any atom is -0.479 e. The fourth-order valence-electron chi connectivity index (χ4n) is 1.41. The number of hydrogen-bond donors (Lipinski definition) is 2. The van der Waals surface area contributed by atoms with Gasteiger partial charge in [-0.2, -0.15) is 0 Å². The summed E-state index contributed by atoms with van der Waals surface area (Å²) in [6.07, 6.45) is 0.0748. The molecule has 84 valence electrons. The molecule has 1 rings (SSSR count). The summed E-state index contributed by atoms with van der Waals surface area (Å²) >= 11 is 0. The van der Waals surface area contributed by atoms with Crippen LogP contribution in [-0.4, -0.2) is 34.5 Å². The third kappa shape index (κ3) is 4.07. The van der Waals surface area contributed by atoms with Gasteiger partial charge in [0.15, 0.2) is 6.10 Å². The van der Waals surface area contributed by atoms with Crippen molar-refractivity contribution in [2.75, 3.05) is 0 Å². The molecule has 1 fully saturated rings. The average Bonchev–Trinajstić information content (AvgIpc) is 2.20. The highest BCUT2D eigenvalue weighted by molar-refractivity contribution is 5.72. The van der Waals surface area contributed by atoms with Gasteiger partial charge in [-0.25, -0.2) is 4.79 Å². The van der Waals surface area contributed by atoms with Crippen LogP contribution in [0.3, 0.4) is 0 Å². The number of carboxylic acids is 1. The third-order valence-electron chi connectivity index (χ3n) is 2.11. The summed E-state index contributed by atoms with van der Waals surface area (Å²) in [6, 6.07) is 0. The van der Waals surface area contributed by atoms with Crippen molar-refractivity contribution in [3.63, 3.8) is 0 Å². The van der Waals surface area contributed by atoms with E-state index in [1.807, 2.05) is 20.8 Å². The van der Waals surface area contributed by atoms with Crippen molar-refractivity contribution in [3.8, 4) is 0 Å². The summed E-state index contributed by atoms with van der Waals surface area (Å²) in [5.41, 5.74) is 0. The van der Waals surface area contributed by atoms with Crippen LogP contribution in [0.15, 0.2) is 0 Å². The van der Waals surface area contributed by atoms with Crippen LogP contribution in [0.2, 0.25) is 0 Å². The summed E-state index contributed by atoms with van der Waals surface area (Å²) in [6.45, 7) is 5.92. The van der Waals surface area contributed by atoms with Crippen LogP contribution in [0.4, 0.5) is 0 Å². The van der Waals surface area contributed by atoms with Gasteiger partial charge in [-0.15, -0.1) is 0 Å². The molecule has 0 amide bonds. The van der Waals surface area contributed by atoms with Gasteiger partial charge >= 0.3 is 5.97 Å². The van der Waals surface area contributed by atoms with E-state index in [1.54, 1.807) is 0 Å². The Morgan fingerprint density at radius 2 is 2.00 bits per heavy atom. The molecule has 0 aromatic heterocycles. The molecule has 0 spiro atoms. The molecule has 0 saturated carbocycles. The minimum absolute atomic E-state index is 0.102. The average molecular weight is 204 g/mol. The molecule has 4 nitrogen and oxygen atoms in total. The van der Waals surface area contributed by atoms with Crippen molar-refractivity contribution >= 4 is 5.97 Å². The molecule has 0 aliphatic carbocycles. The first-order chi connectivity index (χ1) is 6.63. The van der Waals surface area contributed by atoms with Crippen LogP contribution in [0.1, 0.15) is 40.0 Å². The lowest BCUT2D eigenvalue weighted by Gasteiger charge is -2.30. The molecule has 14 heavy (non-hydrogen) atoms. The Bertz CT molecular complexity index is 170. The van der Waals surface area contributed by atoms with Crippen molar-refractivity contribution < 1.29 is 19.7 Å². The monoisotopic (exact) mass is 204 g/mol. The fourth-order valence-corrected chi connectivity index (χ4v) is 1.41. The fraction of sp³-hybridized carbons (Fsp3) is 0.900. The molecule has 1 heterocycles. The molecular formula is C10H20O4. The third-order valence-corrected chi connectivity index (χ3v) is 2.11. The first-order valence-electron chi connectivity index (χ1n) is 5.19. The molecule has 4 heteroatoms. The van der Waals surface area contributed by atoms with Crippen LogP contribution in [0.5, 0.6) is 0 Å². The standard InChI is InChI=1S/C8H14O4.C2H6/c1-2-6-3-5(9)4-7(12-6)8(10)11;1-2/h5-7,9H,2-4H2,1H3,(H,10,11);1-2H3/t5-,6?,7+;/m1./s1. The number of hydrogen-bond acceptors (Lipinski definition) is 3. The topological polar surface area (TPSA) is 66.8 Å². The molecule has 0 bridgehead atoms. The molecule has 3 atom stereocenters. The first kappa shape index (κ1) is 13.4. The Morgan fingerprint density at radius 1 is 1.43 bits per heavy atom. The van der Waals surface area contributed by atoms with E-state index < -0.39 is 18.2 Å². The minimum atomic E-state index is -0.979. The van der Waals surface area contributed by atoms with Crippen molar-refractivity contribution in [1.29, 1.82) is 0 Å². The summed E-state index contributed by atoms with van der Waals surface area (Å²) in [4.78, 5) is 10.5. The normalized spacial score (nSPS) is 31.6. The molecule has 2 N–H and O–H groups in total. The Morgan fingerprint density at radius 3 is 2.43 bits per heavy atom. The molecule has 1 saturated heterocycles. The Labute approximate surface area is 84.9 Å². The van der Waals surface area contributed by atoms with Crippen molar-refractivity contribution in [1.82, 2.24) is 0 Å². The van der Waals surface area contributed by atoms with Crippen molar-refractivity contribution in [2.24, 2.45) is 0 Å². The summed E-state index contributed by atoms with van der Waals surface area (Å²) in [7, 11) is 0. The van der Waals surface area contributed by atoms with Crippen LogP contribution in [0.25, 0.3) is 0 Å². The van der Waals surface area contributed by atoms with E-state index in [4.69, 9.17) is 9.84 Å². The van der Waals surface area contributed by atoms with E-state index in [0.29, 0.717) is 6.42 Å². The lowest BCUT2D eigenvalue weighted by atomic mass is 10.00. The number of carbonyl (C=O) groups is 1. The Hall–Kier alpha value is -0.610. The first-order valence-corrected chi connectivity index (χ1v) is 5.19. The van der Waals surface area contributed by atoms with Gasteiger partial charge in [-0.05, 0) is 12.8 Å². The predicted octanol–water partition coefficient (Wildman–Crippen LogP) is 1.42. The zero-order valence-corrected chi connectivity index (χ0v) is 9.06. The van der Waals surface area contributed by atoms with Gasteiger partial charge in [0.2, 0.25) is 0 Å². The summed E-state index contributed by atoms with van der Waals surface area (Å²) in [5.74, 6) is -0.979. The maximum absolute atomic E-state index is 10.5. The van der Waals surface area contributed by atoms with Crippen LogP contribution < -0.4 is 0 Å². The SMILES string of the molecule is CC.CCC1C[C@@H](O)C[C@@H](C(=O)O)O1. The number of ether oxygens (including phenoxy) is 1. The van der Waals surface area contributed by atoms with E-state index in [0.717, 1.165) is 6.42 Å². The van der Waals surface area contributed by atoms with Gasteiger partial charge in [0, 0.05) is 6.42 Å². The van der Waals surface area contributed by atoms with Gasteiger partial charge < -0.3 is 14.9 Å². The molecule has 1 aliphatic rings. The van der Waals surface area contributed by atoms with E-state index in [2.05, 4.69) is 0 Å². The molecular weight excluding hydrogens is 184 g/mol. The van der Waals surface area contributed by atoms with E-state index in [-0.39, 0.29) is 12.5 Å². The lowest BCUT2D eigenvalue weighted by Crippen LogP contribution is -2.39. The zero-order valence-electron chi connectivity index (χ0n) is 9.06. The summed E-state index contributed by atoms with van der Waals surface area (Å²) in [5, 5.41) is 17.9. The Kier molecular flexibility index (Phi) is 6.49. The van der Waals surface area contributed by atoms with Gasteiger partial charge in [0.1, 0.15) is 0 Å². The van der Waals surface area contributed by atoms with Crippen LogP contribution in [-0.2, 0) is 9.53 Å². The number of aliphatic hydroxyl groups excluding tert-OH is 1. The lowest BCUT2D eigenvalue weighted by molar-refractivity contribution is -0.166. The van der Waals surface area contributed by atoms with Gasteiger partial charge in [-0.3, -0.25) is 0 Å². The largest absolute Gasteiger partial charge is 0.479 e. The Balaban J connectivity index is 0.000000791. The second-order valence-electron chi connectivity index (χ2n) is 3.12. The van der Waals surface area contributed by atoms with E-state index in [1.165, 1.54) is 0 Å². The highest BCUT2D eigenvalue weighted by Gasteiger charge is 2.31. The van der Waals surface area contributed by atoms with E-state index >= 15 is 0 Å². The molecule has 1 unspecified atom stereocenters. The van der Waals surface area contributed by atoms with Gasteiger partial charge in [0.05, 0.1) is 12.2 Å².